The molecule has 1 aromatic heterocycles. The summed E-state index contributed by atoms with van der Waals surface area (Å²) >= 11 is -0.203. The molecule has 0 aliphatic heterocycles. The number of imidazole rings is 1. The van der Waals surface area contributed by atoms with Gasteiger partial charge in [0.15, 0.2) is 0 Å². The van der Waals surface area contributed by atoms with Crippen molar-refractivity contribution in [1.82, 2.24) is 14.9 Å². The summed E-state index contributed by atoms with van der Waals surface area (Å²) in [7, 11) is 0. The number of rotatable bonds is 7. The molecule has 8 heteroatoms. The normalized spacial score (nSPS) is 11.4. The number of hydrogen-bond donors (Lipinski definition) is 1. The lowest BCUT2D eigenvalue weighted by molar-refractivity contribution is -0.0328. The van der Waals surface area contributed by atoms with Gasteiger partial charge in [0.2, 0.25) is 0 Å². The van der Waals surface area contributed by atoms with Crippen LogP contribution in [-0.2, 0) is 13.0 Å². The topological polar surface area (TPSA) is 46.9 Å². The smallest absolute Gasteiger partial charge is 0.352 e. The number of nitrogens with zero attached hydrogens (tertiary/aromatic N) is 2. The maximum Gasteiger partial charge on any atom is 0.446 e. The maximum absolute atomic E-state index is 12.3. The Hall–Kier alpha value is -2.74. The quantitative estimate of drug-likeness (QED) is 0.588. The molecular weight excluding hydrogens is 387 g/mol. The molecule has 0 radical (unpaired) electrons. The van der Waals surface area contributed by atoms with E-state index in [1.54, 1.807) is 6.20 Å². The summed E-state index contributed by atoms with van der Waals surface area (Å²) in [6.45, 7) is 1.08. The molecule has 0 aliphatic carbocycles. The first-order chi connectivity index (χ1) is 13.4. The fourth-order valence-corrected chi connectivity index (χ4v) is 3.23. The molecule has 0 spiro atoms. The van der Waals surface area contributed by atoms with Gasteiger partial charge >= 0.3 is 5.51 Å². The van der Waals surface area contributed by atoms with Crippen LogP contribution in [0, 0.1) is 0 Å². The Labute approximate surface area is 164 Å². The van der Waals surface area contributed by atoms with Crippen LogP contribution in [0.2, 0.25) is 0 Å². The molecule has 0 atom stereocenters. The predicted octanol–water partition coefficient (Wildman–Crippen LogP) is 4.52. The van der Waals surface area contributed by atoms with Crippen LogP contribution in [0.1, 0.15) is 21.7 Å². The van der Waals surface area contributed by atoms with E-state index in [4.69, 9.17) is 0 Å². The highest BCUT2D eigenvalue weighted by Crippen LogP contribution is 2.36. The fourth-order valence-electron chi connectivity index (χ4n) is 2.69. The zero-order valence-electron chi connectivity index (χ0n) is 14.8. The summed E-state index contributed by atoms with van der Waals surface area (Å²) in [5.74, 6) is 0.519. The summed E-state index contributed by atoms with van der Waals surface area (Å²) in [5.41, 5.74) is -2.87. The van der Waals surface area contributed by atoms with Crippen molar-refractivity contribution in [2.45, 2.75) is 23.4 Å². The van der Waals surface area contributed by atoms with E-state index in [2.05, 4.69) is 10.3 Å². The van der Waals surface area contributed by atoms with Gasteiger partial charge in [0, 0.05) is 42.4 Å². The Morgan fingerprint density at radius 3 is 2.46 bits per heavy atom. The average Bonchev–Trinajstić information content (AvgIpc) is 3.09. The first-order valence-electron chi connectivity index (χ1n) is 8.59. The molecule has 3 rings (SSSR count). The molecule has 0 aliphatic rings. The molecule has 1 amide bonds. The molecule has 1 N–H and O–H groups in total. The van der Waals surface area contributed by atoms with Gasteiger partial charge in [0.1, 0.15) is 5.82 Å². The Balaban J connectivity index is 1.51. The SMILES string of the molecule is O=C(NCCc1nccn1Cc1ccccc1)c1ccc(SC(F)(F)F)cc1. The minimum atomic E-state index is -4.34. The molecule has 0 saturated carbocycles. The van der Waals surface area contributed by atoms with E-state index in [9.17, 15) is 18.0 Å². The number of aromatic nitrogens is 2. The van der Waals surface area contributed by atoms with E-state index in [0.29, 0.717) is 25.1 Å². The number of carbonyl (C=O) groups is 1. The number of benzene rings is 2. The van der Waals surface area contributed by atoms with Gasteiger partial charge in [-0.1, -0.05) is 30.3 Å². The number of alkyl halides is 3. The Kier molecular flexibility index (Phi) is 6.41. The molecule has 28 heavy (non-hydrogen) atoms. The zero-order valence-corrected chi connectivity index (χ0v) is 15.6. The highest BCUT2D eigenvalue weighted by atomic mass is 32.2. The van der Waals surface area contributed by atoms with Crippen LogP contribution in [-0.4, -0.2) is 27.5 Å². The number of thioether (sulfide) groups is 1. The number of amides is 1. The summed E-state index contributed by atoms with van der Waals surface area (Å²) < 4.78 is 39.1. The number of nitrogens with one attached hydrogen (secondary N) is 1. The summed E-state index contributed by atoms with van der Waals surface area (Å²) in [6, 6.07) is 15.3. The van der Waals surface area contributed by atoms with Gasteiger partial charge in [-0.3, -0.25) is 4.79 Å². The van der Waals surface area contributed by atoms with Gasteiger partial charge in [0.25, 0.3) is 5.91 Å². The third-order valence-electron chi connectivity index (χ3n) is 3.98. The number of carbonyl (C=O) groups excluding carboxylic acids is 1. The zero-order chi connectivity index (χ0) is 20.0. The second-order valence-electron chi connectivity index (χ2n) is 6.04. The highest BCUT2D eigenvalue weighted by molar-refractivity contribution is 8.00. The van der Waals surface area contributed by atoms with Gasteiger partial charge in [-0.15, -0.1) is 0 Å². The Morgan fingerprint density at radius 2 is 1.79 bits per heavy atom. The van der Waals surface area contributed by atoms with Crippen molar-refractivity contribution in [2.24, 2.45) is 0 Å². The van der Waals surface area contributed by atoms with Crippen molar-refractivity contribution < 1.29 is 18.0 Å². The van der Waals surface area contributed by atoms with Gasteiger partial charge in [-0.05, 0) is 41.6 Å². The molecular formula is C20H18F3N3OS. The van der Waals surface area contributed by atoms with Crippen LogP contribution in [0.5, 0.6) is 0 Å². The van der Waals surface area contributed by atoms with Gasteiger partial charge in [-0.2, -0.15) is 13.2 Å². The van der Waals surface area contributed by atoms with Crippen molar-refractivity contribution in [3.63, 3.8) is 0 Å². The van der Waals surface area contributed by atoms with E-state index >= 15 is 0 Å². The van der Waals surface area contributed by atoms with Crippen molar-refractivity contribution in [3.8, 4) is 0 Å². The molecule has 2 aromatic carbocycles. The summed E-state index contributed by atoms with van der Waals surface area (Å²) in [4.78, 5) is 16.6. The van der Waals surface area contributed by atoms with Gasteiger partial charge in [0.05, 0.1) is 0 Å². The monoisotopic (exact) mass is 405 g/mol. The third kappa shape index (κ3) is 5.88. The van der Waals surface area contributed by atoms with E-state index in [1.807, 2.05) is 41.1 Å². The van der Waals surface area contributed by atoms with E-state index in [1.165, 1.54) is 24.3 Å². The summed E-state index contributed by atoms with van der Waals surface area (Å²) in [6.07, 6.45) is 4.16. The van der Waals surface area contributed by atoms with Crippen LogP contribution in [0.3, 0.4) is 0 Å². The second kappa shape index (κ2) is 8.97. The molecule has 0 unspecified atom stereocenters. The molecule has 0 saturated heterocycles. The second-order valence-corrected chi connectivity index (χ2v) is 7.17. The minimum absolute atomic E-state index is 0.0481. The van der Waals surface area contributed by atoms with Crippen molar-refractivity contribution >= 4 is 17.7 Å². The van der Waals surface area contributed by atoms with E-state index in [-0.39, 0.29) is 22.6 Å². The van der Waals surface area contributed by atoms with Crippen LogP contribution in [0.25, 0.3) is 0 Å². The van der Waals surface area contributed by atoms with E-state index in [0.717, 1.165) is 11.4 Å². The molecule has 0 bridgehead atoms. The highest BCUT2D eigenvalue weighted by Gasteiger charge is 2.29. The minimum Gasteiger partial charge on any atom is -0.352 e. The fraction of sp³-hybridized carbons (Fsp3) is 0.200. The Morgan fingerprint density at radius 1 is 1.07 bits per heavy atom. The van der Waals surface area contributed by atoms with Crippen LogP contribution >= 0.6 is 11.8 Å². The van der Waals surface area contributed by atoms with Crippen molar-refractivity contribution in [1.29, 1.82) is 0 Å². The average molecular weight is 405 g/mol. The predicted molar refractivity (Wildman–Crippen MR) is 102 cm³/mol. The first kappa shape index (κ1) is 20.0. The molecule has 0 fully saturated rings. The van der Waals surface area contributed by atoms with Crippen molar-refractivity contribution in [2.75, 3.05) is 6.54 Å². The van der Waals surface area contributed by atoms with E-state index < -0.39 is 5.51 Å². The lowest BCUT2D eigenvalue weighted by atomic mass is 10.2. The van der Waals surface area contributed by atoms with Gasteiger partial charge < -0.3 is 9.88 Å². The maximum atomic E-state index is 12.3. The molecule has 146 valence electrons. The van der Waals surface area contributed by atoms with Crippen LogP contribution < -0.4 is 5.32 Å². The van der Waals surface area contributed by atoms with Crippen LogP contribution in [0.15, 0.2) is 71.9 Å². The molecule has 1 heterocycles. The molecule has 4 nitrogen and oxygen atoms in total. The lowest BCUT2D eigenvalue weighted by Gasteiger charge is -2.09. The van der Waals surface area contributed by atoms with Gasteiger partial charge in [-0.25, -0.2) is 4.98 Å². The summed E-state index contributed by atoms with van der Waals surface area (Å²) in [5, 5.41) is 2.77. The standard InChI is InChI=1S/C20H18F3N3OS/c21-20(22,23)28-17-8-6-16(7-9-17)19(27)25-11-10-18-24-12-13-26(18)14-15-4-2-1-3-5-15/h1-9,12-13H,10-11,14H2,(H,25,27). The van der Waals surface area contributed by atoms with Crippen molar-refractivity contribution in [3.05, 3.63) is 83.9 Å². The third-order valence-corrected chi connectivity index (χ3v) is 4.72. The first-order valence-corrected chi connectivity index (χ1v) is 9.40. The number of halogens is 3. The molecule has 3 aromatic rings. The largest absolute Gasteiger partial charge is 0.446 e. The lowest BCUT2D eigenvalue weighted by Crippen LogP contribution is -2.26. The Bertz CT molecular complexity index is 908. The van der Waals surface area contributed by atoms with Crippen LogP contribution in [0.4, 0.5) is 13.2 Å². The number of hydrogen-bond acceptors (Lipinski definition) is 3.